The van der Waals surface area contributed by atoms with E-state index in [0.717, 1.165) is 25.9 Å². The lowest BCUT2D eigenvalue weighted by molar-refractivity contribution is 0.0467. The van der Waals surface area contributed by atoms with Crippen LogP contribution in [0.3, 0.4) is 0 Å². The van der Waals surface area contributed by atoms with E-state index in [1.54, 1.807) is 12.1 Å². The molecule has 1 amide bonds. The quantitative estimate of drug-likeness (QED) is 0.911. The van der Waals surface area contributed by atoms with E-state index in [0.29, 0.717) is 5.41 Å². The van der Waals surface area contributed by atoms with Gasteiger partial charge in [0.15, 0.2) is 0 Å². The highest BCUT2D eigenvalue weighted by atomic mass is 16.4. The van der Waals surface area contributed by atoms with Crippen molar-refractivity contribution in [3.05, 3.63) is 29.6 Å². The third kappa shape index (κ3) is 2.98. The van der Waals surface area contributed by atoms with Gasteiger partial charge < -0.3 is 10.0 Å². The van der Waals surface area contributed by atoms with E-state index >= 15 is 0 Å². The molecule has 1 saturated carbocycles. The van der Waals surface area contributed by atoms with Gasteiger partial charge in [-0.1, -0.05) is 25.3 Å². The van der Waals surface area contributed by atoms with E-state index < -0.39 is 5.97 Å². The van der Waals surface area contributed by atoms with Gasteiger partial charge in [0.2, 0.25) is 0 Å². The summed E-state index contributed by atoms with van der Waals surface area (Å²) >= 11 is 0. The molecule has 0 radical (unpaired) electrons. The fourth-order valence-corrected chi connectivity index (χ4v) is 3.82. The van der Waals surface area contributed by atoms with Gasteiger partial charge in [0.05, 0.1) is 0 Å². The molecule has 3 rings (SSSR count). The molecule has 118 valence electrons. The molecule has 5 heteroatoms. The van der Waals surface area contributed by atoms with Crippen molar-refractivity contribution >= 4 is 11.9 Å². The number of carboxylic acids is 1. The maximum Gasteiger partial charge on any atom is 0.354 e. The summed E-state index contributed by atoms with van der Waals surface area (Å²) in [6.07, 6.45) is 8.70. The number of rotatable bonds is 2. The molecule has 1 aromatic rings. The molecule has 0 atom stereocenters. The first-order valence-electron chi connectivity index (χ1n) is 8.09. The number of nitrogens with zero attached hydrogens (tertiary/aromatic N) is 2. The van der Waals surface area contributed by atoms with Crippen LogP contribution in [0.2, 0.25) is 0 Å². The average Bonchev–Trinajstić information content (AvgIpc) is 2.56. The normalized spacial score (nSPS) is 20.8. The van der Waals surface area contributed by atoms with Crippen molar-refractivity contribution in [2.24, 2.45) is 5.41 Å². The summed E-state index contributed by atoms with van der Waals surface area (Å²) in [7, 11) is 0. The molecule has 1 aromatic heterocycles. The van der Waals surface area contributed by atoms with Gasteiger partial charge in [-0.2, -0.15) is 0 Å². The first-order valence-corrected chi connectivity index (χ1v) is 8.09. The highest BCUT2D eigenvalue weighted by molar-refractivity contribution is 5.94. The Kier molecular flexibility index (Phi) is 4.14. The summed E-state index contributed by atoms with van der Waals surface area (Å²) in [5.41, 5.74) is 0.608. The van der Waals surface area contributed by atoms with Gasteiger partial charge in [0, 0.05) is 13.1 Å². The summed E-state index contributed by atoms with van der Waals surface area (Å²) in [6, 6.07) is 4.59. The van der Waals surface area contributed by atoms with Gasteiger partial charge in [-0.3, -0.25) is 4.79 Å². The van der Waals surface area contributed by atoms with Gasteiger partial charge in [0.1, 0.15) is 11.4 Å². The zero-order chi connectivity index (χ0) is 15.6. The smallest absolute Gasteiger partial charge is 0.354 e. The molecule has 1 N–H and O–H groups in total. The molecular formula is C17H22N2O3. The van der Waals surface area contributed by atoms with Crippen LogP contribution in [0.5, 0.6) is 0 Å². The monoisotopic (exact) mass is 302 g/mol. The van der Waals surface area contributed by atoms with E-state index in [1.807, 2.05) is 4.90 Å². The highest BCUT2D eigenvalue weighted by Gasteiger charge is 2.37. The fourth-order valence-electron chi connectivity index (χ4n) is 3.82. The third-order valence-electron chi connectivity index (χ3n) is 5.21. The third-order valence-corrected chi connectivity index (χ3v) is 5.21. The minimum Gasteiger partial charge on any atom is -0.477 e. The molecule has 1 spiro atoms. The summed E-state index contributed by atoms with van der Waals surface area (Å²) in [5.74, 6) is -1.25. The molecular weight excluding hydrogens is 280 g/mol. The Balaban J connectivity index is 1.67. The summed E-state index contributed by atoms with van der Waals surface area (Å²) in [5, 5.41) is 8.98. The van der Waals surface area contributed by atoms with Crippen LogP contribution in [0.15, 0.2) is 18.2 Å². The number of carboxylic acid groups (broad SMARTS) is 1. The molecule has 1 aliphatic carbocycles. The number of carbonyl (C=O) groups excluding carboxylic acids is 1. The Morgan fingerprint density at radius 2 is 1.64 bits per heavy atom. The van der Waals surface area contributed by atoms with Crippen LogP contribution in [0, 0.1) is 5.41 Å². The van der Waals surface area contributed by atoms with E-state index in [2.05, 4.69) is 4.98 Å². The molecule has 2 aliphatic rings. The Hall–Kier alpha value is -1.91. The minimum absolute atomic E-state index is 0.0772. The van der Waals surface area contributed by atoms with Crippen LogP contribution in [-0.2, 0) is 0 Å². The number of hydrogen-bond donors (Lipinski definition) is 1. The predicted molar refractivity (Wildman–Crippen MR) is 81.9 cm³/mol. The molecule has 2 heterocycles. The van der Waals surface area contributed by atoms with Crippen molar-refractivity contribution in [3.8, 4) is 0 Å². The Morgan fingerprint density at radius 1 is 1.00 bits per heavy atom. The average molecular weight is 302 g/mol. The van der Waals surface area contributed by atoms with Crippen LogP contribution < -0.4 is 0 Å². The Morgan fingerprint density at radius 3 is 2.27 bits per heavy atom. The predicted octanol–water partition coefficient (Wildman–Crippen LogP) is 2.97. The number of aromatic carboxylic acids is 1. The van der Waals surface area contributed by atoms with Crippen molar-refractivity contribution < 1.29 is 14.7 Å². The zero-order valence-electron chi connectivity index (χ0n) is 12.8. The van der Waals surface area contributed by atoms with Crippen LogP contribution in [-0.4, -0.2) is 40.0 Å². The molecule has 0 unspecified atom stereocenters. The largest absolute Gasteiger partial charge is 0.477 e. The number of likely N-dealkylation sites (tertiary alicyclic amines) is 1. The molecule has 1 aliphatic heterocycles. The second kappa shape index (κ2) is 6.07. The van der Waals surface area contributed by atoms with Crippen molar-refractivity contribution in [1.82, 2.24) is 9.88 Å². The number of amides is 1. The van der Waals surface area contributed by atoms with Crippen LogP contribution in [0.1, 0.15) is 65.9 Å². The molecule has 2 fully saturated rings. The Bertz CT molecular complexity index is 569. The number of pyridine rings is 1. The Labute approximate surface area is 130 Å². The van der Waals surface area contributed by atoms with E-state index in [1.165, 1.54) is 38.2 Å². The molecule has 1 saturated heterocycles. The van der Waals surface area contributed by atoms with Crippen molar-refractivity contribution in [3.63, 3.8) is 0 Å². The first kappa shape index (κ1) is 15.0. The standard InChI is InChI=1S/C17H22N2O3/c20-15(13-5-4-6-14(18-13)16(21)22)19-11-9-17(10-12-19)7-2-1-3-8-17/h4-6H,1-3,7-12H2,(H,21,22). The lowest BCUT2D eigenvalue weighted by atomic mass is 9.68. The molecule has 0 bridgehead atoms. The maximum atomic E-state index is 12.5. The maximum absolute atomic E-state index is 12.5. The SMILES string of the molecule is O=C(O)c1cccc(C(=O)N2CCC3(CCCCC3)CC2)n1. The number of aromatic nitrogens is 1. The topological polar surface area (TPSA) is 70.5 Å². The summed E-state index contributed by atoms with van der Waals surface area (Å²) in [4.78, 5) is 29.3. The van der Waals surface area contributed by atoms with Gasteiger partial charge in [-0.15, -0.1) is 0 Å². The first-order chi connectivity index (χ1) is 10.6. The second-order valence-electron chi connectivity index (χ2n) is 6.57. The number of hydrogen-bond acceptors (Lipinski definition) is 3. The van der Waals surface area contributed by atoms with Crippen molar-refractivity contribution in [2.45, 2.75) is 44.9 Å². The summed E-state index contributed by atoms with van der Waals surface area (Å²) in [6.45, 7) is 1.52. The molecule has 5 nitrogen and oxygen atoms in total. The van der Waals surface area contributed by atoms with Crippen LogP contribution in [0.25, 0.3) is 0 Å². The van der Waals surface area contributed by atoms with Gasteiger partial charge in [-0.05, 0) is 43.2 Å². The van der Waals surface area contributed by atoms with E-state index in [-0.39, 0.29) is 17.3 Å². The fraction of sp³-hybridized carbons (Fsp3) is 0.588. The van der Waals surface area contributed by atoms with Gasteiger partial charge in [0.25, 0.3) is 5.91 Å². The zero-order valence-corrected chi connectivity index (χ0v) is 12.8. The molecule has 0 aromatic carbocycles. The van der Waals surface area contributed by atoms with Gasteiger partial charge >= 0.3 is 5.97 Å². The van der Waals surface area contributed by atoms with Crippen LogP contribution >= 0.6 is 0 Å². The number of carbonyl (C=O) groups is 2. The van der Waals surface area contributed by atoms with Crippen molar-refractivity contribution in [2.75, 3.05) is 13.1 Å². The minimum atomic E-state index is -1.10. The molecule has 22 heavy (non-hydrogen) atoms. The lowest BCUT2D eigenvalue weighted by Crippen LogP contribution is -2.44. The van der Waals surface area contributed by atoms with E-state index in [9.17, 15) is 9.59 Å². The van der Waals surface area contributed by atoms with Crippen molar-refractivity contribution in [1.29, 1.82) is 0 Å². The highest BCUT2D eigenvalue weighted by Crippen LogP contribution is 2.44. The van der Waals surface area contributed by atoms with Crippen LogP contribution in [0.4, 0.5) is 0 Å². The summed E-state index contributed by atoms with van der Waals surface area (Å²) < 4.78 is 0. The second-order valence-corrected chi connectivity index (χ2v) is 6.57. The van der Waals surface area contributed by atoms with Gasteiger partial charge in [-0.25, -0.2) is 9.78 Å². The number of piperidine rings is 1. The lowest BCUT2D eigenvalue weighted by Gasteiger charge is -2.44. The van der Waals surface area contributed by atoms with E-state index in [4.69, 9.17) is 5.11 Å².